The van der Waals surface area contributed by atoms with Crippen LogP contribution in [0.4, 0.5) is 0 Å². The lowest BCUT2D eigenvalue weighted by molar-refractivity contribution is 0.116. The van der Waals surface area contributed by atoms with Crippen molar-refractivity contribution in [3.63, 3.8) is 0 Å². The van der Waals surface area contributed by atoms with E-state index in [1.54, 1.807) is 25.7 Å². The number of thioether (sulfide) groups is 1. The minimum absolute atomic E-state index is 0.499. The third kappa shape index (κ3) is 7.76. The molecule has 0 aliphatic heterocycles. The van der Waals surface area contributed by atoms with Gasteiger partial charge in [0.1, 0.15) is 0 Å². The summed E-state index contributed by atoms with van der Waals surface area (Å²) in [6.07, 6.45) is 33.4. The van der Waals surface area contributed by atoms with E-state index < -0.39 is 0 Å². The van der Waals surface area contributed by atoms with Crippen molar-refractivity contribution in [3.05, 3.63) is 0 Å². The molecule has 0 atom stereocenters. The molecule has 0 heterocycles. The summed E-state index contributed by atoms with van der Waals surface area (Å²) >= 11 is 2.71. The van der Waals surface area contributed by atoms with Crippen LogP contribution in [0.2, 0.25) is 0 Å². The Bertz CT molecular complexity index is 588. The molecule has 0 saturated heterocycles. The van der Waals surface area contributed by atoms with Crippen molar-refractivity contribution in [3.8, 4) is 0 Å². The van der Waals surface area contributed by atoms with Gasteiger partial charge in [0, 0.05) is 9.49 Å². The summed E-state index contributed by atoms with van der Waals surface area (Å²) < 4.78 is 1.17. The fourth-order valence-corrected chi connectivity index (χ4v) is 12.2. The first kappa shape index (κ1) is 30.3. The number of rotatable bonds is 4. The molecule has 0 radical (unpaired) electrons. The van der Waals surface area contributed by atoms with E-state index in [0.29, 0.717) is 20.3 Å². The average Bonchev–Trinajstić information content (AvgIpc) is 2.82. The lowest BCUT2D eigenvalue weighted by Gasteiger charge is -2.55. The zero-order chi connectivity index (χ0) is 26.6. The molecule has 0 bridgehead atoms. The van der Waals surface area contributed by atoms with Crippen molar-refractivity contribution in [2.24, 2.45) is 34.5 Å². The van der Waals surface area contributed by atoms with Crippen LogP contribution in [-0.4, -0.2) is 9.49 Å². The molecule has 37 heavy (non-hydrogen) atoms. The predicted octanol–water partition coefficient (Wildman–Crippen LogP) is 12.4. The molecule has 0 spiro atoms. The SMILES string of the molecule is CC(C)(C)C1CCC(C2(SC3(C4CCC(C(C)(C)C)CC4)CCCCCCC3)CCCCCCC2)CC1. The van der Waals surface area contributed by atoms with E-state index in [0.717, 1.165) is 23.7 Å². The third-order valence-electron chi connectivity index (χ3n) is 12.2. The topological polar surface area (TPSA) is 0 Å². The molecule has 0 N–H and O–H groups in total. The lowest BCUT2D eigenvalue weighted by atomic mass is 9.65. The Balaban J connectivity index is 1.60. The summed E-state index contributed by atoms with van der Waals surface area (Å²) in [6, 6.07) is 0. The van der Waals surface area contributed by atoms with Crippen molar-refractivity contribution in [1.82, 2.24) is 0 Å². The van der Waals surface area contributed by atoms with Gasteiger partial charge in [-0.15, -0.1) is 11.8 Å². The number of hydrogen-bond acceptors (Lipinski definition) is 1. The summed E-state index contributed by atoms with van der Waals surface area (Å²) in [7, 11) is 0. The van der Waals surface area contributed by atoms with E-state index in [2.05, 4.69) is 53.3 Å². The van der Waals surface area contributed by atoms with Crippen LogP contribution in [0, 0.1) is 34.5 Å². The fraction of sp³-hybridized carbons (Fsp3) is 1.00. The molecule has 1 heteroatoms. The maximum atomic E-state index is 2.71. The molecule has 4 aliphatic rings. The van der Waals surface area contributed by atoms with Crippen LogP contribution in [0.25, 0.3) is 0 Å². The summed E-state index contributed by atoms with van der Waals surface area (Å²) in [4.78, 5) is 0. The molecule has 4 fully saturated rings. The summed E-state index contributed by atoms with van der Waals surface area (Å²) in [5.41, 5.74) is 0.997. The Morgan fingerprint density at radius 1 is 0.405 bits per heavy atom. The Morgan fingerprint density at radius 3 is 0.946 bits per heavy atom. The van der Waals surface area contributed by atoms with Crippen molar-refractivity contribution >= 4 is 11.8 Å². The van der Waals surface area contributed by atoms with E-state index in [1.807, 2.05) is 0 Å². The van der Waals surface area contributed by atoms with Gasteiger partial charge >= 0.3 is 0 Å². The molecule has 4 saturated carbocycles. The van der Waals surface area contributed by atoms with Gasteiger partial charge < -0.3 is 0 Å². The summed E-state index contributed by atoms with van der Waals surface area (Å²) in [5.74, 6) is 3.87. The van der Waals surface area contributed by atoms with E-state index in [9.17, 15) is 0 Å². The van der Waals surface area contributed by atoms with Gasteiger partial charge in [0.2, 0.25) is 0 Å². The Kier molecular flexibility index (Phi) is 10.6. The highest BCUT2D eigenvalue weighted by Crippen LogP contribution is 2.61. The molecule has 4 aliphatic carbocycles. The van der Waals surface area contributed by atoms with Crippen LogP contribution < -0.4 is 0 Å². The van der Waals surface area contributed by atoms with Gasteiger partial charge in [0.25, 0.3) is 0 Å². The first-order chi connectivity index (χ1) is 17.5. The second-order valence-electron chi connectivity index (χ2n) is 16.6. The maximum Gasteiger partial charge on any atom is 0.0193 e. The molecule has 0 unspecified atom stereocenters. The second-order valence-corrected chi connectivity index (χ2v) is 18.4. The minimum Gasteiger partial charge on any atom is -0.148 e. The fourth-order valence-electron chi connectivity index (χ4n) is 9.57. The van der Waals surface area contributed by atoms with E-state index in [1.165, 1.54) is 116 Å². The van der Waals surface area contributed by atoms with Gasteiger partial charge in [-0.1, -0.05) is 106 Å². The molecule has 0 amide bonds. The summed E-state index contributed by atoms with van der Waals surface area (Å²) in [5, 5.41) is 0. The van der Waals surface area contributed by atoms with E-state index in [-0.39, 0.29) is 0 Å². The standard InChI is InChI=1S/C36H66S/c1-33(2,3)29-17-21-31(22-18-29)35(25-13-9-7-10-14-26-35)37-36(27-15-11-8-12-16-28-36)32-23-19-30(20-24-32)34(4,5)6/h29-32H,7-28H2,1-6H3. The van der Waals surface area contributed by atoms with Gasteiger partial charge in [-0.3, -0.25) is 0 Å². The van der Waals surface area contributed by atoms with Gasteiger partial charge in [-0.25, -0.2) is 0 Å². The van der Waals surface area contributed by atoms with Crippen LogP contribution in [0.1, 0.15) is 183 Å². The molecular formula is C36H66S. The van der Waals surface area contributed by atoms with Crippen LogP contribution >= 0.6 is 11.8 Å². The summed E-state index contributed by atoms with van der Waals surface area (Å²) in [6.45, 7) is 15.1. The van der Waals surface area contributed by atoms with Crippen molar-refractivity contribution in [2.75, 3.05) is 0 Å². The van der Waals surface area contributed by atoms with Crippen molar-refractivity contribution in [1.29, 1.82) is 0 Å². The zero-order valence-electron chi connectivity index (χ0n) is 26.3. The first-order valence-electron chi connectivity index (χ1n) is 17.2. The Hall–Kier alpha value is 0.350. The first-order valence-corrected chi connectivity index (χ1v) is 18.1. The smallest absolute Gasteiger partial charge is 0.0193 e. The average molecular weight is 531 g/mol. The number of hydrogen-bond donors (Lipinski definition) is 0. The van der Waals surface area contributed by atoms with Crippen LogP contribution in [0.15, 0.2) is 0 Å². The molecule has 4 rings (SSSR count). The van der Waals surface area contributed by atoms with E-state index >= 15 is 0 Å². The van der Waals surface area contributed by atoms with Crippen LogP contribution in [0.5, 0.6) is 0 Å². The van der Waals surface area contributed by atoms with Gasteiger partial charge in [0.05, 0.1) is 0 Å². The molecule has 0 aromatic rings. The monoisotopic (exact) mass is 530 g/mol. The normalized spacial score (nSPS) is 34.5. The Morgan fingerprint density at radius 2 is 0.676 bits per heavy atom. The lowest BCUT2D eigenvalue weighted by Crippen LogP contribution is -2.47. The Labute approximate surface area is 238 Å². The maximum absolute atomic E-state index is 2.71. The largest absolute Gasteiger partial charge is 0.148 e. The quantitative estimate of drug-likeness (QED) is 0.348. The van der Waals surface area contributed by atoms with Crippen molar-refractivity contribution in [2.45, 2.75) is 192 Å². The highest BCUT2D eigenvalue weighted by atomic mass is 32.2. The van der Waals surface area contributed by atoms with Gasteiger partial charge in [-0.2, -0.15) is 0 Å². The molecule has 216 valence electrons. The minimum atomic E-state index is 0.499. The van der Waals surface area contributed by atoms with E-state index in [4.69, 9.17) is 0 Å². The van der Waals surface area contributed by atoms with Crippen LogP contribution in [-0.2, 0) is 0 Å². The zero-order valence-corrected chi connectivity index (χ0v) is 27.1. The second kappa shape index (κ2) is 12.9. The van der Waals surface area contributed by atoms with Crippen molar-refractivity contribution < 1.29 is 0 Å². The molecule has 0 nitrogen and oxygen atoms in total. The predicted molar refractivity (Wildman–Crippen MR) is 167 cm³/mol. The third-order valence-corrected chi connectivity index (χ3v) is 14.5. The highest BCUT2D eigenvalue weighted by molar-refractivity contribution is 8.02. The van der Waals surface area contributed by atoms with Gasteiger partial charge in [0.15, 0.2) is 0 Å². The molecular weight excluding hydrogens is 464 g/mol. The highest BCUT2D eigenvalue weighted by Gasteiger charge is 2.50. The molecule has 0 aromatic heterocycles. The van der Waals surface area contributed by atoms with Gasteiger partial charge in [-0.05, 0) is 112 Å². The van der Waals surface area contributed by atoms with Crippen LogP contribution in [0.3, 0.4) is 0 Å². The molecule has 0 aromatic carbocycles.